The summed E-state index contributed by atoms with van der Waals surface area (Å²) in [6.45, 7) is 8.34. The molecule has 3 fully saturated rings. The maximum absolute atomic E-state index is 13.3. The third-order valence-corrected chi connectivity index (χ3v) is 9.73. The fourth-order valence-electron chi connectivity index (χ4n) is 7.87. The van der Waals surface area contributed by atoms with Crippen molar-refractivity contribution in [3.8, 4) is 0 Å². The average Bonchev–Trinajstić information content (AvgIpc) is 2.95. The summed E-state index contributed by atoms with van der Waals surface area (Å²) in [5.41, 5.74) is 0.0141. The van der Waals surface area contributed by atoms with E-state index in [0.717, 1.165) is 32.1 Å². The van der Waals surface area contributed by atoms with Crippen LogP contribution in [0, 0.1) is 34.5 Å². The monoisotopic (exact) mass is 434 g/mol. The average molecular weight is 435 g/mol. The maximum Gasteiger partial charge on any atom is 0.306 e. The molecule has 0 N–H and O–H groups in total. The van der Waals surface area contributed by atoms with Gasteiger partial charge in [0, 0.05) is 30.6 Å². The molecule has 5 heteroatoms. The van der Waals surface area contributed by atoms with E-state index in [1.165, 1.54) is 5.57 Å². The van der Waals surface area contributed by atoms with E-state index in [4.69, 9.17) is 16.3 Å². The van der Waals surface area contributed by atoms with Crippen LogP contribution >= 0.6 is 11.6 Å². The number of ketones is 2. The van der Waals surface area contributed by atoms with Crippen molar-refractivity contribution < 1.29 is 19.1 Å². The molecule has 0 aromatic heterocycles. The normalized spacial score (nSPS) is 45.1. The molecule has 4 aliphatic rings. The number of rotatable bonds is 4. The second-order valence-electron chi connectivity index (χ2n) is 10.7. The van der Waals surface area contributed by atoms with Crippen LogP contribution in [0.25, 0.3) is 0 Å². The molecule has 0 aromatic carbocycles. The molecule has 30 heavy (non-hydrogen) atoms. The molecule has 0 amide bonds. The molecular weight excluding hydrogens is 400 g/mol. The first kappa shape index (κ1) is 22.0. The van der Waals surface area contributed by atoms with Crippen molar-refractivity contribution in [1.82, 2.24) is 0 Å². The Labute approximate surface area is 185 Å². The third kappa shape index (κ3) is 2.81. The van der Waals surface area contributed by atoms with E-state index in [-0.39, 0.29) is 35.4 Å². The van der Waals surface area contributed by atoms with E-state index in [9.17, 15) is 14.4 Å². The van der Waals surface area contributed by atoms with Crippen LogP contribution in [0.4, 0.5) is 0 Å². The summed E-state index contributed by atoms with van der Waals surface area (Å²) in [6, 6.07) is 0. The van der Waals surface area contributed by atoms with Crippen molar-refractivity contribution in [2.45, 2.75) is 84.7 Å². The molecule has 166 valence electrons. The highest BCUT2D eigenvalue weighted by Crippen LogP contribution is 2.68. The number of halogens is 1. The molecule has 2 unspecified atom stereocenters. The van der Waals surface area contributed by atoms with Gasteiger partial charge in [0.15, 0.2) is 11.4 Å². The van der Waals surface area contributed by atoms with Gasteiger partial charge in [-0.05, 0) is 55.3 Å². The molecular formula is C25H35ClO4. The van der Waals surface area contributed by atoms with Crippen LogP contribution in [0.2, 0.25) is 0 Å². The Morgan fingerprint density at radius 3 is 2.67 bits per heavy atom. The van der Waals surface area contributed by atoms with E-state index in [0.29, 0.717) is 36.4 Å². The number of ether oxygens (including phenoxy) is 1. The summed E-state index contributed by atoms with van der Waals surface area (Å²) < 4.78 is 6.06. The molecule has 3 saturated carbocycles. The lowest BCUT2D eigenvalue weighted by molar-refractivity contribution is -0.187. The Morgan fingerprint density at radius 2 is 2.00 bits per heavy atom. The zero-order chi connectivity index (χ0) is 21.9. The smallest absolute Gasteiger partial charge is 0.306 e. The predicted octanol–water partition coefficient (Wildman–Crippen LogP) is 5.26. The number of hydrogen-bond acceptors (Lipinski definition) is 4. The fourth-order valence-corrected chi connectivity index (χ4v) is 8.06. The lowest BCUT2D eigenvalue weighted by atomic mass is 9.48. The third-order valence-electron chi connectivity index (χ3n) is 9.48. The van der Waals surface area contributed by atoms with Crippen molar-refractivity contribution in [3.63, 3.8) is 0 Å². The Morgan fingerprint density at radius 1 is 1.27 bits per heavy atom. The topological polar surface area (TPSA) is 60.4 Å². The molecule has 7 atom stereocenters. The zero-order valence-corrected chi connectivity index (χ0v) is 19.5. The standard InChI is InChI=1S/C25H35ClO4/c1-5-22(29)30-25(21(28)14-26)15(2)12-20-18-7-6-16-13-17(27)8-10-23(16,3)19(18)9-11-24(20,25)4/h9,15-16,18,20H,5-8,10-14H2,1-4H3/t15?,16?,18-,20+,23+,24+,25+/m1/s1. The van der Waals surface area contributed by atoms with Gasteiger partial charge in [-0.15, -0.1) is 11.6 Å². The van der Waals surface area contributed by atoms with Gasteiger partial charge >= 0.3 is 5.97 Å². The van der Waals surface area contributed by atoms with E-state index in [1.807, 2.05) is 0 Å². The number of Topliss-reactive ketones (excluding diaryl/α,β-unsaturated/α-hetero) is 2. The predicted molar refractivity (Wildman–Crippen MR) is 116 cm³/mol. The minimum atomic E-state index is -1.14. The highest BCUT2D eigenvalue weighted by atomic mass is 35.5. The van der Waals surface area contributed by atoms with Gasteiger partial charge in [0.2, 0.25) is 0 Å². The molecule has 0 aromatic rings. The van der Waals surface area contributed by atoms with Crippen LogP contribution in [-0.2, 0) is 19.1 Å². The first-order valence-electron chi connectivity index (χ1n) is 11.7. The van der Waals surface area contributed by atoms with E-state index in [2.05, 4.69) is 26.8 Å². The van der Waals surface area contributed by atoms with E-state index in [1.54, 1.807) is 6.92 Å². The Balaban J connectivity index is 1.77. The number of fused-ring (bicyclic) bond motifs is 5. The van der Waals surface area contributed by atoms with Gasteiger partial charge in [-0.3, -0.25) is 14.4 Å². The Kier molecular flexibility index (Phi) is 5.48. The summed E-state index contributed by atoms with van der Waals surface area (Å²) >= 11 is 6.08. The SMILES string of the molecule is CCC(=O)O[C@]1(C(=O)CCl)C(C)C[C@H]2[C@@H]3CCC4CC(=O)CC[C@]4(C)C3=CC[C@@]21C. The number of carbonyl (C=O) groups excluding carboxylic acids is 3. The number of hydrogen-bond donors (Lipinski definition) is 0. The lowest BCUT2D eigenvalue weighted by Crippen LogP contribution is -2.59. The van der Waals surface area contributed by atoms with Crippen molar-refractivity contribution >= 4 is 29.1 Å². The van der Waals surface area contributed by atoms with Gasteiger partial charge in [0.25, 0.3) is 0 Å². The zero-order valence-electron chi connectivity index (χ0n) is 18.8. The van der Waals surface area contributed by atoms with Crippen LogP contribution in [0.1, 0.15) is 79.1 Å². The molecule has 0 saturated heterocycles. The van der Waals surface area contributed by atoms with Gasteiger partial charge < -0.3 is 4.74 Å². The molecule has 0 heterocycles. The van der Waals surface area contributed by atoms with Crippen LogP contribution < -0.4 is 0 Å². The van der Waals surface area contributed by atoms with Crippen molar-refractivity contribution in [2.75, 3.05) is 5.88 Å². The summed E-state index contributed by atoms with van der Waals surface area (Å²) in [7, 11) is 0. The quantitative estimate of drug-likeness (QED) is 0.344. The van der Waals surface area contributed by atoms with Gasteiger partial charge in [0.05, 0.1) is 5.88 Å². The minimum absolute atomic E-state index is 0.0551. The van der Waals surface area contributed by atoms with Crippen LogP contribution in [0.15, 0.2) is 11.6 Å². The first-order valence-corrected chi connectivity index (χ1v) is 12.2. The van der Waals surface area contributed by atoms with Crippen molar-refractivity contribution in [3.05, 3.63) is 11.6 Å². The Hall–Kier alpha value is -1.16. The molecule has 4 nitrogen and oxygen atoms in total. The largest absolute Gasteiger partial charge is 0.450 e. The minimum Gasteiger partial charge on any atom is -0.450 e. The van der Waals surface area contributed by atoms with E-state index < -0.39 is 11.0 Å². The number of alkyl halides is 1. The second-order valence-corrected chi connectivity index (χ2v) is 11.0. The van der Waals surface area contributed by atoms with Crippen LogP contribution in [0.3, 0.4) is 0 Å². The molecule has 4 rings (SSSR count). The number of esters is 1. The maximum atomic E-state index is 13.3. The summed E-state index contributed by atoms with van der Waals surface area (Å²) in [5.74, 6) is 0.877. The number of allylic oxidation sites excluding steroid dienone is 2. The number of carbonyl (C=O) groups is 3. The molecule has 0 radical (unpaired) electrons. The van der Waals surface area contributed by atoms with Gasteiger partial charge in [-0.2, -0.15) is 0 Å². The molecule has 0 spiro atoms. The second kappa shape index (κ2) is 7.46. The highest BCUT2D eigenvalue weighted by molar-refractivity contribution is 6.29. The fraction of sp³-hybridized carbons (Fsp3) is 0.800. The van der Waals surface area contributed by atoms with Crippen LogP contribution in [0.5, 0.6) is 0 Å². The van der Waals surface area contributed by atoms with Crippen molar-refractivity contribution in [2.24, 2.45) is 34.5 Å². The molecule has 0 bridgehead atoms. The summed E-state index contributed by atoms with van der Waals surface area (Å²) in [5, 5.41) is 0. The van der Waals surface area contributed by atoms with Crippen molar-refractivity contribution in [1.29, 1.82) is 0 Å². The highest BCUT2D eigenvalue weighted by Gasteiger charge is 2.70. The van der Waals surface area contributed by atoms with Gasteiger partial charge in [-0.1, -0.05) is 39.3 Å². The summed E-state index contributed by atoms with van der Waals surface area (Å²) in [6.07, 6.45) is 8.66. The Bertz CT molecular complexity index is 803. The van der Waals surface area contributed by atoms with Gasteiger partial charge in [-0.25, -0.2) is 0 Å². The van der Waals surface area contributed by atoms with Crippen LogP contribution in [-0.4, -0.2) is 29.0 Å². The lowest BCUT2D eigenvalue weighted by Gasteiger charge is -2.57. The van der Waals surface area contributed by atoms with E-state index >= 15 is 0 Å². The molecule has 0 aliphatic heterocycles. The summed E-state index contributed by atoms with van der Waals surface area (Å²) in [4.78, 5) is 37.8. The molecule has 4 aliphatic carbocycles. The first-order chi connectivity index (χ1) is 14.1. The van der Waals surface area contributed by atoms with Gasteiger partial charge in [0.1, 0.15) is 5.78 Å².